The molecule has 0 aliphatic heterocycles. The molecule has 0 radical (unpaired) electrons. The van der Waals surface area contributed by atoms with Crippen LogP contribution in [0.1, 0.15) is 29.1 Å². The van der Waals surface area contributed by atoms with Crippen LogP contribution < -0.4 is 5.32 Å². The number of hydrogen-bond donors (Lipinski definition) is 1. The molecule has 0 aliphatic carbocycles. The van der Waals surface area contributed by atoms with E-state index in [1.807, 2.05) is 24.9 Å². The van der Waals surface area contributed by atoms with E-state index in [0.717, 1.165) is 22.7 Å². The van der Waals surface area contributed by atoms with Crippen LogP contribution in [0.4, 0.5) is 5.69 Å². The lowest BCUT2D eigenvalue weighted by molar-refractivity contribution is -0.384. The molecular formula is C18H20N4O2S. The van der Waals surface area contributed by atoms with E-state index in [9.17, 15) is 10.1 Å². The average molecular weight is 356 g/mol. The number of nitrogens with one attached hydrogen (secondary N) is 1. The molecule has 0 amide bonds. The lowest BCUT2D eigenvalue weighted by Crippen LogP contribution is -2.17. The molecule has 6 nitrogen and oxygen atoms in total. The molecule has 1 unspecified atom stereocenters. The first-order valence-corrected chi connectivity index (χ1v) is 8.83. The van der Waals surface area contributed by atoms with Crippen molar-refractivity contribution in [1.82, 2.24) is 15.1 Å². The molecule has 3 aromatic rings. The predicted molar refractivity (Wildman–Crippen MR) is 99.6 cm³/mol. The van der Waals surface area contributed by atoms with Gasteiger partial charge in [-0.3, -0.25) is 14.8 Å². The summed E-state index contributed by atoms with van der Waals surface area (Å²) in [6.07, 6.45) is 2.05. The fourth-order valence-electron chi connectivity index (χ4n) is 2.78. The Morgan fingerprint density at radius 3 is 2.60 bits per heavy atom. The van der Waals surface area contributed by atoms with Gasteiger partial charge < -0.3 is 5.32 Å². The summed E-state index contributed by atoms with van der Waals surface area (Å²) >= 11 is 1.69. The van der Waals surface area contributed by atoms with Crippen molar-refractivity contribution in [2.75, 3.05) is 0 Å². The molecule has 0 bridgehead atoms. The topological polar surface area (TPSA) is 73.0 Å². The van der Waals surface area contributed by atoms with Gasteiger partial charge in [0.25, 0.3) is 5.69 Å². The van der Waals surface area contributed by atoms with Crippen LogP contribution >= 0.6 is 11.3 Å². The molecule has 1 aromatic carbocycles. The number of rotatable bonds is 6. The smallest absolute Gasteiger partial charge is 0.269 e. The third-order valence-corrected chi connectivity index (χ3v) is 5.26. The standard InChI is InChI=1S/C18H20N4O2S/c1-12(17-11-21(3)20-13(17)2)19-10-16-8-9-18(25-16)14-4-6-15(7-5-14)22(23)24/h4-9,11-12,19H,10H2,1-3H3. The molecule has 0 fully saturated rings. The molecule has 0 saturated carbocycles. The number of non-ortho nitro benzene ring substituents is 1. The van der Waals surface area contributed by atoms with E-state index in [1.54, 1.807) is 35.6 Å². The van der Waals surface area contributed by atoms with Crippen LogP contribution in [-0.4, -0.2) is 14.7 Å². The minimum Gasteiger partial charge on any atom is -0.305 e. The molecular weight excluding hydrogens is 336 g/mol. The van der Waals surface area contributed by atoms with Crippen molar-refractivity contribution in [1.29, 1.82) is 0 Å². The summed E-state index contributed by atoms with van der Waals surface area (Å²) in [5.41, 5.74) is 3.36. The van der Waals surface area contributed by atoms with Crippen molar-refractivity contribution < 1.29 is 4.92 Å². The molecule has 0 spiro atoms. The molecule has 1 atom stereocenters. The summed E-state index contributed by atoms with van der Waals surface area (Å²) in [5, 5.41) is 18.6. The summed E-state index contributed by atoms with van der Waals surface area (Å²) in [6.45, 7) is 4.92. The summed E-state index contributed by atoms with van der Waals surface area (Å²) < 4.78 is 1.83. The third kappa shape index (κ3) is 3.94. The number of nitro benzene ring substituents is 1. The van der Waals surface area contributed by atoms with Crippen LogP contribution in [0.5, 0.6) is 0 Å². The van der Waals surface area contributed by atoms with Gasteiger partial charge in [0.05, 0.1) is 10.6 Å². The zero-order valence-corrected chi connectivity index (χ0v) is 15.2. The Morgan fingerprint density at radius 1 is 1.28 bits per heavy atom. The zero-order valence-electron chi connectivity index (χ0n) is 14.4. The molecule has 130 valence electrons. The fraction of sp³-hybridized carbons (Fsp3) is 0.278. The van der Waals surface area contributed by atoms with E-state index in [4.69, 9.17) is 0 Å². The van der Waals surface area contributed by atoms with Gasteiger partial charge in [-0.2, -0.15) is 5.10 Å². The van der Waals surface area contributed by atoms with E-state index in [2.05, 4.69) is 29.5 Å². The second-order valence-electron chi connectivity index (χ2n) is 6.02. The van der Waals surface area contributed by atoms with Gasteiger partial charge in [0.15, 0.2) is 0 Å². The minimum absolute atomic E-state index is 0.114. The van der Waals surface area contributed by atoms with E-state index in [-0.39, 0.29) is 16.7 Å². The summed E-state index contributed by atoms with van der Waals surface area (Å²) in [4.78, 5) is 12.7. The molecule has 3 rings (SSSR count). The first-order valence-electron chi connectivity index (χ1n) is 8.01. The quantitative estimate of drug-likeness (QED) is 0.530. The molecule has 0 saturated heterocycles. The second kappa shape index (κ2) is 7.16. The molecule has 25 heavy (non-hydrogen) atoms. The summed E-state index contributed by atoms with van der Waals surface area (Å²) in [7, 11) is 1.93. The highest BCUT2D eigenvalue weighted by molar-refractivity contribution is 7.15. The monoisotopic (exact) mass is 356 g/mol. The lowest BCUT2D eigenvalue weighted by atomic mass is 10.1. The van der Waals surface area contributed by atoms with Crippen LogP contribution in [0.2, 0.25) is 0 Å². The van der Waals surface area contributed by atoms with Crippen molar-refractivity contribution >= 4 is 17.0 Å². The minimum atomic E-state index is -0.380. The Bertz CT molecular complexity index is 883. The van der Waals surface area contributed by atoms with E-state index in [0.29, 0.717) is 0 Å². The van der Waals surface area contributed by atoms with Crippen LogP contribution in [-0.2, 0) is 13.6 Å². The number of nitro groups is 1. The fourth-order valence-corrected chi connectivity index (χ4v) is 3.75. The third-order valence-electron chi connectivity index (χ3n) is 4.12. The largest absolute Gasteiger partial charge is 0.305 e. The number of aryl methyl sites for hydroxylation is 2. The Hall–Kier alpha value is -2.51. The van der Waals surface area contributed by atoms with Crippen molar-refractivity contribution in [2.45, 2.75) is 26.4 Å². The van der Waals surface area contributed by atoms with E-state index < -0.39 is 0 Å². The predicted octanol–water partition coefficient (Wildman–Crippen LogP) is 4.22. The number of hydrogen-bond acceptors (Lipinski definition) is 5. The van der Waals surface area contributed by atoms with Crippen LogP contribution in [0.25, 0.3) is 10.4 Å². The highest BCUT2D eigenvalue weighted by Crippen LogP contribution is 2.29. The van der Waals surface area contributed by atoms with Gasteiger partial charge in [-0.05, 0) is 43.7 Å². The normalized spacial score (nSPS) is 12.3. The highest BCUT2D eigenvalue weighted by Gasteiger charge is 2.12. The van der Waals surface area contributed by atoms with Crippen molar-refractivity contribution in [3.05, 3.63) is 68.8 Å². The second-order valence-corrected chi connectivity index (χ2v) is 7.18. The van der Waals surface area contributed by atoms with Crippen LogP contribution in [0, 0.1) is 17.0 Å². The van der Waals surface area contributed by atoms with Gasteiger partial charge in [-0.1, -0.05) is 0 Å². The number of aromatic nitrogens is 2. The van der Waals surface area contributed by atoms with Gasteiger partial charge >= 0.3 is 0 Å². The van der Waals surface area contributed by atoms with Crippen LogP contribution in [0.15, 0.2) is 42.6 Å². The maximum Gasteiger partial charge on any atom is 0.269 e. The van der Waals surface area contributed by atoms with Gasteiger partial charge in [0, 0.05) is 53.3 Å². The van der Waals surface area contributed by atoms with Gasteiger partial charge in [-0.25, -0.2) is 0 Å². The molecule has 1 N–H and O–H groups in total. The first-order chi connectivity index (χ1) is 11.9. The van der Waals surface area contributed by atoms with Crippen molar-refractivity contribution in [2.24, 2.45) is 7.05 Å². The average Bonchev–Trinajstić information content (AvgIpc) is 3.19. The molecule has 7 heteroatoms. The molecule has 0 aliphatic rings. The Morgan fingerprint density at radius 2 is 2.00 bits per heavy atom. The first kappa shape index (κ1) is 17.3. The van der Waals surface area contributed by atoms with E-state index >= 15 is 0 Å². The number of nitrogens with zero attached hydrogens (tertiary/aromatic N) is 3. The highest BCUT2D eigenvalue weighted by atomic mass is 32.1. The zero-order chi connectivity index (χ0) is 18.0. The van der Waals surface area contributed by atoms with Gasteiger partial charge in [-0.15, -0.1) is 11.3 Å². The summed E-state index contributed by atoms with van der Waals surface area (Å²) in [5.74, 6) is 0. The maximum absolute atomic E-state index is 10.7. The Kier molecular flexibility index (Phi) is 4.96. The van der Waals surface area contributed by atoms with Crippen molar-refractivity contribution in [3.8, 4) is 10.4 Å². The maximum atomic E-state index is 10.7. The van der Waals surface area contributed by atoms with Crippen molar-refractivity contribution in [3.63, 3.8) is 0 Å². The van der Waals surface area contributed by atoms with Gasteiger partial charge in [0.1, 0.15) is 0 Å². The molecule has 2 heterocycles. The summed E-state index contributed by atoms with van der Waals surface area (Å²) in [6, 6.07) is 11.0. The molecule has 2 aromatic heterocycles. The van der Waals surface area contributed by atoms with E-state index in [1.165, 1.54) is 10.4 Å². The number of benzene rings is 1. The Labute approximate surface area is 150 Å². The number of thiophene rings is 1. The lowest BCUT2D eigenvalue weighted by Gasteiger charge is -2.12. The van der Waals surface area contributed by atoms with Gasteiger partial charge in [0.2, 0.25) is 0 Å². The van der Waals surface area contributed by atoms with Crippen LogP contribution in [0.3, 0.4) is 0 Å². The Balaban J connectivity index is 1.65. The SMILES string of the molecule is Cc1nn(C)cc1C(C)NCc1ccc(-c2ccc([N+](=O)[O-])cc2)s1.